The van der Waals surface area contributed by atoms with Crippen LogP contribution in [0.5, 0.6) is 0 Å². The summed E-state index contributed by atoms with van der Waals surface area (Å²) in [5.74, 6) is -1.67. The number of carboxylic acid groups (broad SMARTS) is 2. The second-order valence-corrected chi connectivity index (χ2v) is 5.06. The van der Waals surface area contributed by atoms with E-state index >= 15 is 0 Å². The molecule has 5 N–H and O–H groups in total. The van der Waals surface area contributed by atoms with Gasteiger partial charge in [0.15, 0.2) is 0 Å². The largest absolute Gasteiger partial charge is 0.478 e. The first-order chi connectivity index (χ1) is 11.5. The first-order valence-electron chi connectivity index (χ1n) is 7.03. The van der Waals surface area contributed by atoms with Gasteiger partial charge in [0.25, 0.3) is 0 Å². The van der Waals surface area contributed by atoms with Gasteiger partial charge in [0.2, 0.25) is 5.95 Å². The molecule has 8 heteroatoms. The van der Waals surface area contributed by atoms with Crippen molar-refractivity contribution in [3.05, 3.63) is 47.5 Å². The van der Waals surface area contributed by atoms with Crippen molar-refractivity contribution in [3.63, 3.8) is 0 Å². The number of benzene rings is 2. The monoisotopic (exact) mass is 326 g/mol. The molecule has 0 saturated carbocycles. The zero-order valence-corrected chi connectivity index (χ0v) is 12.6. The third kappa shape index (κ3) is 2.84. The van der Waals surface area contributed by atoms with Crippen molar-refractivity contribution in [2.75, 3.05) is 17.7 Å². The molecule has 1 heterocycles. The standard InChI is InChI=1S/C16H14N4O4/c1-17-10-4-2-8(14(21)22)6-12(10)19-16-18-11-5-3-9(15(23)24)7-13(11)20-16/h2-7,17H,1H3,(H,21,22)(H,23,24)(H2,18,19,20). The fourth-order valence-corrected chi connectivity index (χ4v) is 2.33. The lowest BCUT2D eigenvalue weighted by molar-refractivity contribution is 0.0686. The number of aromatic amines is 1. The molecule has 3 aromatic rings. The van der Waals surface area contributed by atoms with Gasteiger partial charge in [0.05, 0.1) is 33.5 Å². The summed E-state index contributed by atoms with van der Waals surface area (Å²) in [6, 6.07) is 9.20. The number of aromatic carboxylic acids is 2. The zero-order valence-electron chi connectivity index (χ0n) is 12.6. The molecule has 2 aromatic carbocycles. The van der Waals surface area contributed by atoms with Crippen LogP contribution in [0.25, 0.3) is 11.0 Å². The Morgan fingerprint density at radius 2 is 1.67 bits per heavy atom. The fourth-order valence-electron chi connectivity index (χ4n) is 2.33. The Balaban J connectivity index is 1.98. The van der Waals surface area contributed by atoms with Gasteiger partial charge in [0.1, 0.15) is 0 Å². The van der Waals surface area contributed by atoms with Crippen LogP contribution in [0.1, 0.15) is 20.7 Å². The molecule has 122 valence electrons. The molecule has 0 aliphatic carbocycles. The predicted molar refractivity (Wildman–Crippen MR) is 89.3 cm³/mol. The van der Waals surface area contributed by atoms with E-state index in [2.05, 4.69) is 20.6 Å². The van der Waals surface area contributed by atoms with Crippen molar-refractivity contribution < 1.29 is 19.8 Å². The van der Waals surface area contributed by atoms with Crippen LogP contribution < -0.4 is 10.6 Å². The smallest absolute Gasteiger partial charge is 0.335 e. The van der Waals surface area contributed by atoms with E-state index in [-0.39, 0.29) is 11.1 Å². The van der Waals surface area contributed by atoms with E-state index < -0.39 is 11.9 Å². The van der Waals surface area contributed by atoms with Crippen molar-refractivity contribution in [3.8, 4) is 0 Å². The highest BCUT2D eigenvalue weighted by Crippen LogP contribution is 2.27. The summed E-state index contributed by atoms with van der Waals surface area (Å²) in [6.07, 6.45) is 0. The van der Waals surface area contributed by atoms with Crippen LogP contribution in [0.15, 0.2) is 36.4 Å². The van der Waals surface area contributed by atoms with Gasteiger partial charge in [-0.1, -0.05) is 0 Å². The first kappa shape index (κ1) is 15.3. The highest BCUT2D eigenvalue weighted by Gasteiger charge is 2.11. The Kier molecular flexibility index (Phi) is 3.78. The van der Waals surface area contributed by atoms with Crippen LogP contribution in [0.2, 0.25) is 0 Å². The molecule has 1 aromatic heterocycles. The minimum Gasteiger partial charge on any atom is -0.478 e. The SMILES string of the molecule is CNc1ccc(C(=O)O)cc1Nc1nc2ccc(C(=O)O)cc2[nH]1. The van der Waals surface area contributed by atoms with Crippen LogP contribution in [-0.4, -0.2) is 39.2 Å². The summed E-state index contributed by atoms with van der Waals surface area (Å²) < 4.78 is 0. The van der Waals surface area contributed by atoms with Gasteiger partial charge in [-0.15, -0.1) is 0 Å². The van der Waals surface area contributed by atoms with E-state index in [1.807, 2.05) is 0 Å². The molecule has 0 atom stereocenters. The number of nitrogens with one attached hydrogen (secondary N) is 3. The van der Waals surface area contributed by atoms with Gasteiger partial charge >= 0.3 is 11.9 Å². The lowest BCUT2D eigenvalue weighted by Gasteiger charge is -2.10. The quantitative estimate of drug-likeness (QED) is 0.488. The molecule has 0 radical (unpaired) electrons. The molecule has 0 amide bonds. The fraction of sp³-hybridized carbons (Fsp3) is 0.0625. The number of carbonyl (C=O) groups is 2. The number of anilines is 3. The minimum atomic E-state index is -1.03. The molecule has 0 saturated heterocycles. The van der Waals surface area contributed by atoms with Gasteiger partial charge in [-0.05, 0) is 36.4 Å². The van der Waals surface area contributed by atoms with Crippen LogP contribution in [0, 0.1) is 0 Å². The molecular formula is C16H14N4O4. The zero-order chi connectivity index (χ0) is 17.3. The maximum absolute atomic E-state index is 11.1. The average molecular weight is 326 g/mol. The summed E-state index contributed by atoms with van der Waals surface area (Å²) in [6.45, 7) is 0. The van der Waals surface area contributed by atoms with Crippen molar-refractivity contribution in [2.45, 2.75) is 0 Å². The highest BCUT2D eigenvalue weighted by atomic mass is 16.4. The van der Waals surface area contributed by atoms with Crippen LogP contribution >= 0.6 is 0 Å². The normalized spacial score (nSPS) is 10.5. The number of hydrogen-bond donors (Lipinski definition) is 5. The van der Waals surface area contributed by atoms with Crippen molar-refractivity contribution >= 4 is 40.3 Å². The molecule has 0 bridgehead atoms. The number of H-pyrrole nitrogens is 1. The number of nitrogens with zero attached hydrogens (tertiary/aromatic N) is 1. The summed E-state index contributed by atoms with van der Waals surface area (Å²) in [5, 5.41) is 24.1. The molecule has 0 aliphatic heterocycles. The summed E-state index contributed by atoms with van der Waals surface area (Å²) >= 11 is 0. The number of fused-ring (bicyclic) bond motifs is 1. The van der Waals surface area contributed by atoms with Gasteiger partial charge in [-0.25, -0.2) is 14.6 Å². The highest BCUT2D eigenvalue weighted by molar-refractivity contribution is 5.93. The Bertz CT molecular complexity index is 948. The van der Waals surface area contributed by atoms with E-state index in [1.54, 1.807) is 19.2 Å². The second-order valence-electron chi connectivity index (χ2n) is 5.06. The summed E-state index contributed by atoms with van der Waals surface area (Å²) in [7, 11) is 1.72. The third-order valence-electron chi connectivity index (χ3n) is 3.52. The van der Waals surface area contributed by atoms with E-state index in [0.717, 1.165) is 0 Å². The predicted octanol–water partition coefficient (Wildman–Crippen LogP) is 2.74. The first-order valence-corrected chi connectivity index (χ1v) is 7.03. The number of carboxylic acids is 2. The summed E-state index contributed by atoms with van der Waals surface area (Å²) in [4.78, 5) is 29.4. The molecule has 0 aliphatic rings. The number of hydrogen-bond acceptors (Lipinski definition) is 5. The van der Waals surface area contributed by atoms with Crippen LogP contribution in [0.4, 0.5) is 17.3 Å². The van der Waals surface area contributed by atoms with Crippen molar-refractivity contribution in [2.24, 2.45) is 0 Å². The molecule has 3 rings (SSSR count). The number of rotatable bonds is 5. The van der Waals surface area contributed by atoms with Crippen molar-refractivity contribution in [1.82, 2.24) is 9.97 Å². The summed E-state index contributed by atoms with van der Waals surface area (Å²) in [5.41, 5.74) is 2.70. The average Bonchev–Trinajstić information content (AvgIpc) is 2.95. The second kappa shape index (κ2) is 5.92. The molecule has 24 heavy (non-hydrogen) atoms. The van der Waals surface area contributed by atoms with E-state index in [1.165, 1.54) is 24.3 Å². The Morgan fingerprint density at radius 3 is 2.33 bits per heavy atom. The Labute approximate surface area is 136 Å². The molecule has 0 unspecified atom stereocenters. The van der Waals surface area contributed by atoms with E-state index in [4.69, 9.17) is 10.2 Å². The van der Waals surface area contributed by atoms with Gasteiger partial charge < -0.3 is 25.8 Å². The Morgan fingerprint density at radius 1 is 1.00 bits per heavy atom. The number of imidazole rings is 1. The topological polar surface area (TPSA) is 127 Å². The maximum atomic E-state index is 11.1. The van der Waals surface area contributed by atoms with Gasteiger partial charge in [-0.3, -0.25) is 0 Å². The lowest BCUT2D eigenvalue weighted by atomic mass is 10.1. The van der Waals surface area contributed by atoms with Crippen molar-refractivity contribution in [1.29, 1.82) is 0 Å². The molecule has 0 fully saturated rings. The van der Waals surface area contributed by atoms with Crippen LogP contribution in [-0.2, 0) is 0 Å². The molecule has 8 nitrogen and oxygen atoms in total. The number of aromatic nitrogens is 2. The minimum absolute atomic E-state index is 0.140. The van der Waals surface area contributed by atoms with E-state index in [9.17, 15) is 9.59 Å². The van der Waals surface area contributed by atoms with Gasteiger partial charge in [-0.2, -0.15) is 0 Å². The van der Waals surface area contributed by atoms with Crippen LogP contribution in [0.3, 0.4) is 0 Å². The molecule has 0 spiro atoms. The molecular weight excluding hydrogens is 312 g/mol. The maximum Gasteiger partial charge on any atom is 0.335 e. The Hall–Kier alpha value is -3.55. The van der Waals surface area contributed by atoms with Gasteiger partial charge in [0, 0.05) is 7.05 Å². The van der Waals surface area contributed by atoms with E-state index in [0.29, 0.717) is 28.4 Å². The third-order valence-corrected chi connectivity index (χ3v) is 3.52. The lowest BCUT2D eigenvalue weighted by Crippen LogP contribution is -2.02.